The van der Waals surface area contributed by atoms with Crippen LogP contribution in [-0.2, 0) is 4.79 Å². The molecule has 0 fully saturated rings. The van der Waals surface area contributed by atoms with Crippen molar-refractivity contribution in [2.24, 2.45) is 0 Å². The van der Waals surface area contributed by atoms with E-state index in [2.05, 4.69) is 6.58 Å². The second-order valence-electron chi connectivity index (χ2n) is 1.74. The first-order valence-electron chi connectivity index (χ1n) is 2.96. The largest absolute Gasteiger partial charge is 1.00 e. The number of carboxylic acid groups (broad SMARTS) is 1. The van der Waals surface area contributed by atoms with Gasteiger partial charge in [0.05, 0.1) is 0 Å². The predicted octanol–water partition coefficient (Wildman–Crippen LogP) is -0.791. The van der Waals surface area contributed by atoms with Crippen molar-refractivity contribution in [2.75, 3.05) is 0 Å². The van der Waals surface area contributed by atoms with Gasteiger partial charge in [0.1, 0.15) is 0 Å². The molecule has 0 aliphatic rings. The van der Waals surface area contributed by atoms with E-state index in [0.717, 1.165) is 6.42 Å². The van der Waals surface area contributed by atoms with Crippen LogP contribution in [0.25, 0.3) is 0 Å². The summed E-state index contributed by atoms with van der Waals surface area (Å²) in [5.74, 6) is -0.883. The van der Waals surface area contributed by atoms with Crippen LogP contribution in [0.5, 0.6) is 0 Å². The van der Waals surface area contributed by atoms with Crippen LogP contribution in [0.2, 0.25) is 0 Å². The number of hydrogen-bond donors (Lipinski definition) is 3. The molecule has 0 rings (SSSR count). The second-order valence-corrected chi connectivity index (χ2v) is 1.90. The monoisotopic (exact) mass is 204 g/mol. The quantitative estimate of drug-likeness (QED) is 0.319. The van der Waals surface area contributed by atoms with Gasteiger partial charge in [-0.05, 0) is 6.42 Å². The average Bonchev–Trinajstić information content (AvgIpc) is 1.90. The molecule has 6 heteroatoms. The summed E-state index contributed by atoms with van der Waals surface area (Å²) in [6.45, 7) is 5.27. The third kappa shape index (κ3) is 16.8. The first-order valence-corrected chi connectivity index (χ1v) is 3.69. The van der Waals surface area contributed by atoms with E-state index in [-0.39, 0.29) is 43.3 Å². The maximum absolute atomic E-state index is 9.99. The van der Waals surface area contributed by atoms with Crippen molar-refractivity contribution in [1.29, 1.82) is 0 Å². The smallest absolute Gasteiger partial charge is 1.00 e. The van der Waals surface area contributed by atoms with Crippen LogP contribution in [-0.4, -0.2) is 20.2 Å². The van der Waals surface area contributed by atoms with E-state index >= 15 is 0 Å². The Morgan fingerprint density at radius 3 is 2.00 bits per heavy atom. The molecule has 0 amide bonds. The van der Waals surface area contributed by atoms with Crippen molar-refractivity contribution in [3.63, 3.8) is 0 Å². The molecule has 0 aromatic heterocycles. The molecule has 0 radical (unpaired) electrons. The average molecular weight is 204 g/mol. The Morgan fingerprint density at radius 2 is 1.92 bits per heavy atom. The van der Waals surface area contributed by atoms with Crippen LogP contribution in [0, 0.1) is 0 Å². The Balaban J connectivity index is -0.0000000720. The number of carboxylic acids is 1. The van der Waals surface area contributed by atoms with E-state index in [4.69, 9.17) is 14.2 Å². The van der Waals surface area contributed by atoms with Gasteiger partial charge in [-0.3, -0.25) is 0 Å². The van der Waals surface area contributed by atoms with Crippen molar-refractivity contribution in [2.45, 2.75) is 19.8 Å². The van der Waals surface area contributed by atoms with Gasteiger partial charge in [-0.1, -0.05) is 19.9 Å². The van der Waals surface area contributed by atoms with Gasteiger partial charge in [-0.15, -0.1) is 0 Å². The molecular formula is C6H13NaO4S. The maximum Gasteiger partial charge on any atom is 1.00 e. The molecule has 3 N–H and O–H groups in total. The first kappa shape index (κ1) is 18.3. The number of rotatable bonds is 3. The molecule has 0 aliphatic carbocycles. The van der Waals surface area contributed by atoms with E-state index in [9.17, 15) is 4.79 Å². The Hall–Kier alpha value is 0.480. The topological polar surface area (TPSA) is 77.8 Å². The van der Waals surface area contributed by atoms with Crippen molar-refractivity contribution < 1.29 is 50.0 Å². The Labute approximate surface area is 99.9 Å². The summed E-state index contributed by atoms with van der Waals surface area (Å²) in [4.78, 5) is 9.99. The van der Waals surface area contributed by atoms with E-state index in [1.54, 1.807) is 0 Å². The van der Waals surface area contributed by atoms with Gasteiger partial charge in [0.15, 0.2) is 12.3 Å². The fourth-order valence-corrected chi connectivity index (χ4v) is 0.409. The Bertz CT molecular complexity index is 134. The summed E-state index contributed by atoms with van der Waals surface area (Å²) in [5, 5.41) is 8.21. The van der Waals surface area contributed by atoms with Crippen molar-refractivity contribution in [1.82, 2.24) is 0 Å². The molecule has 4 nitrogen and oxygen atoms in total. The van der Waals surface area contributed by atoms with Gasteiger partial charge < -0.3 is 15.6 Å². The standard InChI is InChI=1S/C6H10O2.Na.H2O2S.H/c1-3-4-5(2)6(7)8;;1-3-2;/h2-4H2,1H3,(H,7,8);;1-2H;/q;+1;;-1. The molecule has 0 aliphatic heterocycles. The summed E-state index contributed by atoms with van der Waals surface area (Å²) < 4.78 is 14.1. The van der Waals surface area contributed by atoms with Gasteiger partial charge in [0, 0.05) is 5.57 Å². The SMILES string of the molecule is C=C(CCC)C(=O)O.OSO.[H-].[Na+]. The van der Waals surface area contributed by atoms with Crippen LogP contribution in [0.3, 0.4) is 0 Å². The molecule has 0 aromatic carbocycles. The van der Waals surface area contributed by atoms with Crippen LogP contribution < -0.4 is 29.6 Å². The van der Waals surface area contributed by atoms with Gasteiger partial charge in [0.2, 0.25) is 0 Å². The molecule has 0 bridgehead atoms. The number of aliphatic carboxylic acids is 1. The molecule has 12 heavy (non-hydrogen) atoms. The van der Waals surface area contributed by atoms with Gasteiger partial charge in [-0.25, -0.2) is 4.79 Å². The fraction of sp³-hybridized carbons (Fsp3) is 0.500. The molecular weight excluding hydrogens is 191 g/mol. The maximum atomic E-state index is 9.99. The fourth-order valence-electron chi connectivity index (χ4n) is 0.409. The molecule has 0 unspecified atom stereocenters. The van der Waals surface area contributed by atoms with Crippen molar-refractivity contribution in [3.05, 3.63) is 12.2 Å². The molecule has 0 spiro atoms. The van der Waals surface area contributed by atoms with Gasteiger partial charge in [0.25, 0.3) is 0 Å². The van der Waals surface area contributed by atoms with Crippen molar-refractivity contribution >= 4 is 18.3 Å². The predicted molar refractivity (Wildman–Crippen MR) is 45.6 cm³/mol. The summed E-state index contributed by atoms with van der Waals surface area (Å²) in [5.41, 5.74) is 0.299. The van der Waals surface area contributed by atoms with Gasteiger partial charge >= 0.3 is 35.5 Å². The Kier molecular flexibility index (Phi) is 21.4. The van der Waals surface area contributed by atoms with E-state index < -0.39 is 5.97 Å². The van der Waals surface area contributed by atoms with E-state index in [1.807, 2.05) is 6.92 Å². The van der Waals surface area contributed by atoms with Crippen molar-refractivity contribution in [3.8, 4) is 0 Å². The van der Waals surface area contributed by atoms with Crippen LogP contribution in [0.4, 0.5) is 0 Å². The van der Waals surface area contributed by atoms with E-state index in [0.29, 0.717) is 12.0 Å². The zero-order valence-electron chi connectivity index (χ0n) is 8.28. The summed E-state index contributed by atoms with van der Waals surface area (Å²) in [7, 11) is 0. The molecule has 0 saturated heterocycles. The minimum atomic E-state index is -0.883. The number of hydrogen-bond acceptors (Lipinski definition) is 4. The molecule has 68 valence electrons. The molecule has 0 heterocycles. The Morgan fingerprint density at radius 1 is 1.58 bits per heavy atom. The number of carbonyl (C=O) groups is 1. The summed E-state index contributed by atoms with van der Waals surface area (Å²) in [6.07, 6.45) is 1.44. The zero-order chi connectivity index (χ0) is 9.28. The molecule has 0 saturated carbocycles. The summed E-state index contributed by atoms with van der Waals surface area (Å²) in [6, 6.07) is 0. The third-order valence-electron chi connectivity index (χ3n) is 0.854. The minimum Gasteiger partial charge on any atom is -1.00 e. The minimum absolute atomic E-state index is 0. The summed E-state index contributed by atoms with van der Waals surface area (Å²) >= 11 is -0.250. The van der Waals surface area contributed by atoms with Gasteiger partial charge in [-0.2, -0.15) is 0 Å². The zero-order valence-corrected chi connectivity index (χ0v) is 10.1. The second kappa shape index (κ2) is 14.0. The molecule has 0 aromatic rings. The van der Waals surface area contributed by atoms with Crippen LogP contribution in [0.15, 0.2) is 12.2 Å². The van der Waals surface area contributed by atoms with Crippen LogP contribution >= 0.6 is 12.3 Å². The normalized spacial score (nSPS) is 7.25. The molecule has 0 atom stereocenters. The van der Waals surface area contributed by atoms with E-state index in [1.165, 1.54) is 0 Å². The van der Waals surface area contributed by atoms with Crippen LogP contribution in [0.1, 0.15) is 21.2 Å². The third-order valence-corrected chi connectivity index (χ3v) is 0.854. The first-order chi connectivity index (χ1) is 5.09.